The second kappa shape index (κ2) is 3.68. The number of rotatable bonds is 2. The number of ether oxygens (including phenoxy) is 2. The van der Waals surface area contributed by atoms with E-state index >= 15 is 0 Å². The average Bonchev–Trinajstić information content (AvgIpc) is 3.42. The fourth-order valence-corrected chi connectivity index (χ4v) is 12.8. The first-order valence-electron chi connectivity index (χ1n) is 9.55. The van der Waals surface area contributed by atoms with Gasteiger partial charge in [-0.25, -0.2) is 19.6 Å². The summed E-state index contributed by atoms with van der Waals surface area (Å²) < 4.78 is 10.9. The molecule has 5 saturated carbocycles. The monoisotopic (exact) mass is 484 g/mol. The molecule has 26 heavy (non-hydrogen) atoms. The van der Waals surface area contributed by atoms with E-state index in [2.05, 4.69) is 41.9 Å². The van der Waals surface area contributed by atoms with E-state index in [1.807, 2.05) is 0 Å². The number of nitrogens with zero attached hydrogens (tertiary/aromatic N) is 2. The summed E-state index contributed by atoms with van der Waals surface area (Å²) >= 11 is 7.85. The van der Waals surface area contributed by atoms with Crippen LogP contribution >= 0.6 is 31.9 Å². The van der Waals surface area contributed by atoms with Gasteiger partial charge in [0.05, 0.1) is 14.2 Å². The van der Waals surface area contributed by atoms with Crippen molar-refractivity contribution in [3.63, 3.8) is 0 Å². The summed E-state index contributed by atoms with van der Waals surface area (Å²) in [4.78, 5) is 27.6. The third kappa shape index (κ3) is 0.864. The molecule has 4 aliphatic heterocycles. The van der Waals surface area contributed by atoms with Crippen LogP contribution in [0.3, 0.4) is 0 Å². The number of hydrazine groups is 1. The topological polar surface area (TPSA) is 59.1 Å². The van der Waals surface area contributed by atoms with Gasteiger partial charge < -0.3 is 9.47 Å². The van der Waals surface area contributed by atoms with Gasteiger partial charge in [-0.3, -0.25) is 0 Å². The summed E-state index contributed by atoms with van der Waals surface area (Å²) in [7, 11) is 3.05. The largest absolute Gasteiger partial charge is 0.468 e. The predicted molar refractivity (Wildman–Crippen MR) is 94.1 cm³/mol. The zero-order valence-corrected chi connectivity index (χ0v) is 17.4. The number of hydrogen-bond donors (Lipinski definition) is 0. The van der Waals surface area contributed by atoms with Gasteiger partial charge >= 0.3 is 11.9 Å². The average molecular weight is 486 g/mol. The molecule has 0 aromatic rings. The van der Waals surface area contributed by atoms with E-state index in [1.54, 1.807) is 0 Å². The Morgan fingerprint density at radius 1 is 0.731 bits per heavy atom. The molecular formula is C18H18Br2N2O4. The third-order valence-corrected chi connectivity index (χ3v) is 12.5. The SMILES string of the molecule is COC(=O)[C@@]12[C@@H]3[C@@H]4C5[C@@H]([C@@H]4Br)[C@@H]3[C@@]3(C(=O)OC)[C@@H]4[C@@H]6C([C@@H]([C@@H]6Br)[C@@H]41)N2N53. The molecular weight excluding hydrogens is 468 g/mol. The van der Waals surface area contributed by atoms with Gasteiger partial charge in [-0.15, -0.1) is 0 Å². The number of carbonyl (C=O) groups is 2. The number of hydrogen-bond acceptors (Lipinski definition) is 6. The molecule has 8 heteroatoms. The zero-order chi connectivity index (χ0) is 17.7. The van der Waals surface area contributed by atoms with Crippen molar-refractivity contribution in [1.82, 2.24) is 10.0 Å². The number of alkyl halides is 2. The molecule has 16 atom stereocenters. The standard InChI is InChI=1S/C18H18Br2N2O4/c1-25-15(23)17-7-3-11(19)6-10(7)18(16(24)26-2)8-4-12(20)5(9(8)17)14(4)22(18)21(17)13(3)6/h3-14H,1-2H3/t3-,4-,5+,6+,7+,8+,9-,10-,11+,12+,13?,14?,17+,18+/m1/s1. The van der Waals surface area contributed by atoms with E-state index in [4.69, 9.17) is 9.47 Å². The van der Waals surface area contributed by atoms with Crippen LogP contribution in [0.2, 0.25) is 0 Å². The summed E-state index contributed by atoms with van der Waals surface area (Å²) in [5.41, 5.74) is -1.10. The van der Waals surface area contributed by atoms with Crippen LogP contribution in [0.5, 0.6) is 0 Å². The highest BCUT2D eigenvalue weighted by Gasteiger charge is 3.03. The lowest BCUT2D eigenvalue weighted by atomic mass is 9.47. The van der Waals surface area contributed by atoms with Gasteiger partial charge in [0.15, 0.2) is 0 Å². The van der Waals surface area contributed by atoms with Crippen molar-refractivity contribution in [2.75, 3.05) is 14.2 Å². The van der Waals surface area contributed by atoms with E-state index < -0.39 is 11.1 Å². The van der Waals surface area contributed by atoms with Gasteiger partial charge in [0.1, 0.15) is 11.1 Å². The van der Waals surface area contributed by atoms with Gasteiger partial charge in [-0.05, 0) is 23.7 Å². The van der Waals surface area contributed by atoms with E-state index in [1.165, 1.54) is 14.2 Å². The Balaban J connectivity index is 1.48. The Hall–Kier alpha value is -0.180. The molecule has 9 aliphatic rings. The molecule has 0 N–H and O–H groups in total. The summed E-state index contributed by atoms with van der Waals surface area (Å²) in [6.07, 6.45) is 0. The van der Waals surface area contributed by atoms with Crippen LogP contribution in [0.4, 0.5) is 0 Å². The first-order chi connectivity index (χ1) is 12.5. The molecule has 0 amide bonds. The summed E-state index contributed by atoms with van der Waals surface area (Å²) in [6, 6.07) is 0.785. The molecule has 6 nitrogen and oxygen atoms in total. The fraction of sp³-hybridized carbons (Fsp3) is 0.889. The van der Waals surface area contributed by atoms with Crippen LogP contribution in [0.25, 0.3) is 0 Å². The van der Waals surface area contributed by atoms with E-state index in [9.17, 15) is 9.59 Å². The predicted octanol–water partition coefficient (Wildman–Crippen LogP) is 0.632. The minimum absolute atomic E-state index is 0.0658. The molecule has 4 unspecified atom stereocenters. The molecule has 9 rings (SSSR count). The Labute approximate surface area is 167 Å². The second-order valence-corrected chi connectivity index (χ2v) is 11.7. The summed E-state index contributed by atoms with van der Waals surface area (Å²) in [6.45, 7) is 0. The lowest BCUT2D eigenvalue weighted by molar-refractivity contribution is -0.367. The molecule has 4 saturated heterocycles. The fourth-order valence-electron chi connectivity index (χ4n) is 10.3. The Kier molecular flexibility index (Phi) is 2.09. The minimum Gasteiger partial charge on any atom is -0.468 e. The van der Waals surface area contributed by atoms with Crippen molar-refractivity contribution in [2.45, 2.75) is 32.8 Å². The summed E-state index contributed by atoms with van der Waals surface area (Å²) in [5.74, 6) is 2.52. The normalized spacial score (nSPS) is 75.5. The van der Waals surface area contributed by atoms with Crippen LogP contribution in [-0.4, -0.2) is 69.0 Å². The molecule has 4 heterocycles. The van der Waals surface area contributed by atoms with Gasteiger partial charge in [-0.1, -0.05) is 31.9 Å². The molecule has 138 valence electrons. The maximum Gasteiger partial charge on any atom is 0.328 e. The highest BCUT2D eigenvalue weighted by molar-refractivity contribution is 9.09. The first kappa shape index (κ1) is 14.8. The first-order valence-corrected chi connectivity index (χ1v) is 11.4. The number of esters is 2. The van der Waals surface area contributed by atoms with Gasteiger partial charge in [-0.2, -0.15) is 0 Å². The van der Waals surface area contributed by atoms with Crippen LogP contribution in [0.1, 0.15) is 0 Å². The van der Waals surface area contributed by atoms with Gasteiger partial charge in [0, 0.05) is 45.4 Å². The van der Waals surface area contributed by atoms with Crippen molar-refractivity contribution in [1.29, 1.82) is 0 Å². The smallest absolute Gasteiger partial charge is 0.328 e. The van der Waals surface area contributed by atoms with Crippen LogP contribution in [0, 0.1) is 47.3 Å². The molecule has 0 radical (unpaired) electrons. The zero-order valence-electron chi connectivity index (χ0n) is 14.2. The summed E-state index contributed by atoms with van der Waals surface area (Å²) in [5, 5.41) is 4.77. The maximum atomic E-state index is 13.4. The van der Waals surface area contributed by atoms with Crippen LogP contribution in [-0.2, 0) is 19.1 Å². The van der Waals surface area contributed by atoms with Crippen molar-refractivity contribution in [3.05, 3.63) is 0 Å². The lowest BCUT2D eigenvalue weighted by Gasteiger charge is -2.77. The van der Waals surface area contributed by atoms with Crippen LogP contribution < -0.4 is 0 Å². The van der Waals surface area contributed by atoms with E-state index in [0.29, 0.717) is 45.4 Å². The number of methoxy groups -OCH3 is 2. The molecule has 0 spiro atoms. The van der Waals surface area contributed by atoms with Crippen molar-refractivity contribution < 1.29 is 19.1 Å². The van der Waals surface area contributed by atoms with Crippen molar-refractivity contribution in [3.8, 4) is 0 Å². The van der Waals surface area contributed by atoms with Crippen molar-refractivity contribution >= 4 is 43.8 Å². The Morgan fingerprint density at radius 3 is 1.31 bits per heavy atom. The van der Waals surface area contributed by atoms with Crippen LogP contribution in [0.15, 0.2) is 0 Å². The van der Waals surface area contributed by atoms with Gasteiger partial charge in [0.2, 0.25) is 0 Å². The number of piperidine rings is 2. The second-order valence-electron chi connectivity index (χ2n) is 9.61. The van der Waals surface area contributed by atoms with E-state index in [0.717, 1.165) is 0 Å². The Morgan fingerprint density at radius 2 is 1.04 bits per heavy atom. The lowest BCUT2D eigenvalue weighted by Crippen LogP contribution is -2.93. The highest BCUT2D eigenvalue weighted by Crippen LogP contribution is 2.91. The quantitative estimate of drug-likeness (QED) is 0.422. The molecule has 0 aromatic heterocycles. The highest BCUT2D eigenvalue weighted by atomic mass is 79.9. The van der Waals surface area contributed by atoms with Crippen molar-refractivity contribution in [2.24, 2.45) is 47.3 Å². The number of halogens is 2. The van der Waals surface area contributed by atoms with E-state index in [-0.39, 0.29) is 35.6 Å². The van der Waals surface area contributed by atoms with Gasteiger partial charge in [0.25, 0.3) is 0 Å². The maximum absolute atomic E-state index is 13.4. The molecule has 9 fully saturated rings. The molecule has 5 aliphatic carbocycles. The molecule has 12 bridgehead atoms. The minimum atomic E-state index is -0.549. The molecule has 0 aromatic carbocycles. The number of carbonyl (C=O) groups excluding carboxylic acids is 2. The Bertz CT molecular complexity index is 767. The third-order valence-electron chi connectivity index (χ3n) is 10.1.